The Balaban J connectivity index is 1.79. The van der Waals surface area contributed by atoms with E-state index < -0.39 is 34.3 Å². The molecule has 0 saturated heterocycles. The fraction of sp³-hybridized carbons (Fsp3) is 0.212. The van der Waals surface area contributed by atoms with E-state index in [-0.39, 0.29) is 35.5 Å². The highest BCUT2D eigenvalue weighted by Gasteiger charge is 2.34. The van der Waals surface area contributed by atoms with Gasteiger partial charge < -0.3 is 10.2 Å². The lowest BCUT2D eigenvalue weighted by atomic mass is 10.0. The molecule has 0 aliphatic carbocycles. The molecule has 43 heavy (non-hydrogen) atoms. The maximum atomic E-state index is 14.3. The fourth-order valence-electron chi connectivity index (χ4n) is 4.62. The molecule has 4 rings (SSSR count). The molecule has 2 amide bonds. The minimum atomic E-state index is -4.24. The van der Waals surface area contributed by atoms with E-state index in [9.17, 15) is 22.4 Å². The zero-order valence-corrected chi connectivity index (χ0v) is 26.3. The molecule has 224 valence electrons. The van der Waals surface area contributed by atoms with E-state index in [2.05, 4.69) is 21.2 Å². The van der Waals surface area contributed by atoms with Gasteiger partial charge in [-0.25, -0.2) is 12.8 Å². The van der Waals surface area contributed by atoms with Gasteiger partial charge in [0.15, 0.2) is 0 Å². The predicted octanol–water partition coefficient (Wildman–Crippen LogP) is 5.95. The van der Waals surface area contributed by atoms with E-state index in [1.54, 1.807) is 18.2 Å². The van der Waals surface area contributed by atoms with Crippen molar-refractivity contribution in [2.75, 3.05) is 10.8 Å². The molecular weight excluding hydrogens is 633 g/mol. The van der Waals surface area contributed by atoms with E-state index in [0.29, 0.717) is 0 Å². The van der Waals surface area contributed by atoms with Crippen molar-refractivity contribution in [2.45, 2.75) is 43.8 Å². The van der Waals surface area contributed by atoms with Gasteiger partial charge >= 0.3 is 0 Å². The van der Waals surface area contributed by atoms with Gasteiger partial charge in [0.25, 0.3) is 10.0 Å². The van der Waals surface area contributed by atoms with Crippen molar-refractivity contribution >= 4 is 43.5 Å². The standard InChI is InChI=1S/C33H33BrFN3O4S/c1-24(2)36-33(40)31(21-25-10-5-3-6-11-25)37(22-26-12-9-13-27(34)20-26)32(39)23-38(29-18-16-28(35)17-19-29)43(41,42)30-14-7-4-8-15-30/h3-20,24,31H,21-23H2,1-2H3,(H,36,40)/t31-/m0/s1. The van der Waals surface area contributed by atoms with Crippen LogP contribution in [-0.2, 0) is 32.6 Å². The van der Waals surface area contributed by atoms with E-state index in [1.807, 2.05) is 68.4 Å². The minimum Gasteiger partial charge on any atom is -0.352 e. The molecule has 1 N–H and O–H groups in total. The zero-order chi connectivity index (χ0) is 31.0. The number of halogens is 2. The van der Waals surface area contributed by atoms with Crippen LogP contribution in [0.1, 0.15) is 25.0 Å². The molecule has 0 bridgehead atoms. The van der Waals surface area contributed by atoms with E-state index in [0.717, 1.165) is 32.0 Å². The van der Waals surface area contributed by atoms with Gasteiger partial charge in [0.1, 0.15) is 18.4 Å². The summed E-state index contributed by atoms with van der Waals surface area (Å²) >= 11 is 3.47. The Morgan fingerprint density at radius 3 is 2.05 bits per heavy atom. The highest BCUT2D eigenvalue weighted by atomic mass is 79.9. The highest BCUT2D eigenvalue weighted by Crippen LogP contribution is 2.25. The first-order valence-electron chi connectivity index (χ1n) is 13.8. The highest BCUT2D eigenvalue weighted by molar-refractivity contribution is 9.10. The van der Waals surface area contributed by atoms with Gasteiger partial charge in [-0.2, -0.15) is 0 Å². The number of benzene rings is 4. The summed E-state index contributed by atoms with van der Waals surface area (Å²) in [6, 6.07) is 28.2. The Kier molecular flexibility index (Phi) is 10.7. The van der Waals surface area contributed by atoms with Crippen molar-refractivity contribution in [2.24, 2.45) is 0 Å². The zero-order valence-electron chi connectivity index (χ0n) is 23.9. The van der Waals surface area contributed by atoms with Crippen LogP contribution in [0.3, 0.4) is 0 Å². The minimum absolute atomic E-state index is 0.0240. The third-order valence-electron chi connectivity index (χ3n) is 6.67. The second kappa shape index (κ2) is 14.4. The SMILES string of the molecule is CC(C)NC(=O)[C@H](Cc1ccccc1)N(Cc1cccc(Br)c1)C(=O)CN(c1ccc(F)cc1)S(=O)(=O)c1ccccc1. The van der Waals surface area contributed by atoms with Gasteiger partial charge in [-0.1, -0.05) is 76.6 Å². The third-order valence-corrected chi connectivity index (χ3v) is 8.95. The Morgan fingerprint density at radius 1 is 0.837 bits per heavy atom. The summed E-state index contributed by atoms with van der Waals surface area (Å²) in [5.41, 5.74) is 1.70. The molecule has 7 nitrogen and oxygen atoms in total. The Bertz CT molecular complexity index is 1640. The summed E-state index contributed by atoms with van der Waals surface area (Å²) in [7, 11) is -4.24. The summed E-state index contributed by atoms with van der Waals surface area (Å²) in [5.74, 6) is -1.50. The number of hydrogen-bond acceptors (Lipinski definition) is 4. The number of rotatable bonds is 12. The first kappa shape index (κ1) is 31.9. The van der Waals surface area contributed by atoms with Crippen molar-refractivity contribution in [3.8, 4) is 0 Å². The molecule has 0 aliphatic heterocycles. The first-order chi connectivity index (χ1) is 20.5. The molecule has 4 aromatic rings. The number of hydrogen-bond donors (Lipinski definition) is 1. The number of nitrogens with one attached hydrogen (secondary N) is 1. The maximum absolute atomic E-state index is 14.3. The maximum Gasteiger partial charge on any atom is 0.264 e. The molecule has 4 aromatic carbocycles. The van der Waals surface area contributed by atoms with Gasteiger partial charge in [-0.3, -0.25) is 13.9 Å². The van der Waals surface area contributed by atoms with Crippen LogP contribution in [-0.4, -0.2) is 43.8 Å². The van der Waals surface area contributed by atoms with Gasteiger partial charge in [-0.15, -0.1) is 0 Å². The molecule has 0 aromatic heterocycles. The molecule has 10 heteroatoms. The number of amides is 2. The van der Waals surface area contributed by atoms with Gasteiger partial charge in [0.2, 0.25) is 11.8 Å². The van der Waals surface area contributed by atoms with Gasteiger partial charge in [-0.05, 0) is 73.5 Å². The molecule has 0 unspecified atom stereocenters. The molecule has 0 heterocycles. The van der Waals surface area contributed by atoms with Crippen LogP contribution in [0, 0.1) is 5.82 Å². The van der Waals surface area contributed by atoms with Crippen LogP contribution in [0.2, 0.25) is 0 Å². The summed E-state index contributed by atoms with van der Waals surface area (Å²) in [6.07, 6.45) is 0.209. The van der Waals surface area contributed by atoms with Crippen LogP contribution in [0.15, 0.2) is 119 Å². The lowest BCUT2D eigenvalue weighted by molar-refractivity contribution is -0.140. The van der Waals surface area contributed by atoms with Crippen LogP contribution < -0.4 is 9.62 Å². The third kappa shape index (κ3) is 8.52. The summed E-state index contributed by atoms with van der Waals surface area (Å²) in [5, 5.41) is 2.93. The fourth-order valence-corrected chi connectivity index (χ4v) is 6.50. The summed E-state index contributed by atoms with van der Waals surface area (Å²) in [4.78, 5) is 29.4. The van der Waals surface area contributed by atoms with Crippen molar-refractivity contribution in [1.82, 2.24) is 10.2 Å². The second-order valence-electron chi connectivity index (χ2n) is 10.3. The lowest BCUT2D eigenvalue weighted by Crippen LogP contribution is -2.54. The molecular formula is C33H33BrFN3O4S. The largest absolute Gasteiger partial charge is 0.352 e. The van der Waals surface area contributed by atoms with Gasteiger partial charge in [0.05, 0.1) is 10.6 Å². The van der Waals surface area contributed by atoms with Crippen molar-refractivity contribution in [1.29, 1.82) is 0 Å². The number of carbonyl (C=O) groups excluding carboxylic acids is 2. The summed E-state index contributed by atoms with van der Waals surface area (Å²) in [6.45, 7) is 3.10. The monoisotopic (exact) mass is 665 g/mol. The number of carbonyl (C=O) groups is 2. The molecule has 1 atom stereocenters. The van der Waals surface area contributed by atoms with E-state index >= 15 is 0 Å². The Morgan fingerprint density at radius 2 is 1.44 bits per heavy atom. The number of nitrogens with zero attached hydrogens (tertiary/aromatic N) is 2. The van der Waals surface area contributed by atoms with Gasteiger partial charge in [0, 0.05) is 23.5 Å². The number of anilines is 1. The molecule has 0 aliphatic rings. The van der Waals surface area contributed by atoms with Crippen molar-refractivity contribution in [3.63, 3.8) is 0 Å². The van der Waals surface area contributed by atoms with E-state index in [1.165, 1.54) is 29.2 Å². The average Bonchev–Trinajstić information content (AvgIpc) is 2.98. The normalized spacial score (nSPS) is 12.0. The van der Waals surface area contributed by atoms with E-state index in [4.69, 9.17) is 0 Å². The molecule has 0 saturated carbocycles. The Hall–Kier alpha value is -4.02. The van der Waals surface area contributed by atoms with Crippen LogP contribution in [0.5, 0.6) is 0 Å². The van der Waals surface area contributed by atoms with Crippen LogP contribution in [0.25, 0.3) is 0 Å². The number of sulfonamides is 1. The van der Waals surface area contributed by atoms with Crippen molar-refractivity contribution < 1.29 is 22.4 Å². The summed E-state index contributed by atoms with van der Waals surface area (Å²) < 4.78 is 43.4. The lowest BCUT2D eigenvalue weighted by Gasteiger charge is -2.34. The van der Waals surface area contributed by atoms with Crippen LogP contribution >= 0.6 is 15.9 Å². The molecule has 0 fully saturated rings. The Labute approximate surface area is 260 Å². The topological polar surface area (TPSA) is 86.8 Å². The van der Waals surface area contributed by atoms with Crippen molar-refractivity contribution in [3.05, 3.63) is 131 Å². The molecule has 0 radical (unpaired) electrons. The predicted molar refractivity (Wildman–Crippen MR) is 169 cm³/mol. The first-order valence-corrected chi connectivity index (χ1v) is 16.0. The van der Waals surface area contributed by atoms with Crippen LogP contribution in [0.4, 0.5) is 10.1 Å². The average molecular weight is 667 g/mol. The smallest absolute Gasteiger partial charge is 0.264 e. The quantitative estimate of drug-likeness (QED) is 0.203. The second-order valence-corrected chi connectivity index (χ2v) is 13.1. The molecule has 0 spiro atoms.